The fourth-order valence-corrected chi connectivity index (χ4v) is 1.73. The molecule has 0 bridgehead atoms. The second kappa shape index (κ2) is 7.71. The zero-order valence-corrected chi connectivity index (χ0v) is 12.3. The Morgan fingerprint density at radius 1 is 1.32 bits per heavy atom. The SMILES string of the molecule is CCN(CC)C(=O)c1cc(NCCC(C)C)ncn1. The molecule has 0 unspecified atom stereocenters. The second-order valence-corrected chi connectivity index (χ2v) is 4.88. The van der Waals surface area contributed by atoms with Crippen LogP contribution in [0.15, 0.2) is 12.4 Å². The molecule has 1 rings (SSSR count). The van der Waals surface area contributed by atoms with Gasteiger partial charge in [-0.05, 0) is 26.2 Å². The monoisotopic (exact) mass is 264 g/mol. The molecule has 5 nitrogen and oxygen atoms in total. The lowest BCUT2D eigenvalue weighted by Crippen LogP contribution is -2.31. The zero-order valence-electron chi connectivity index (χ0n) is 12.3. The van der Waals surface area contributed by atoms with Crippen molar-refractivity contribution in [2.24, 2.45) is 5.92 Å². The van der Waals surface area contributed by atoms with Gasteiger partial charge in [-0.15, -0.1) is 0 Å². The van der Waals surface area contributed by atoms with E-state index in [9.17, 15) is 4.79 Å². The molecule has 0 aromatic carbocycles. The molecule has 0 aliphatic heterocycles. The smallest absolute Gasteiger partial charge is 0.272 e. The van der Waals surface area contributed by atoms with E-state index in [4.69, 9.17) is 0 Å². The quantitative estimate of drug-likeness (QED) is 0.821. The lowest BCUT2D eigenvalue weighted by Gasteiger charge is -2.18. The van der Waals surface area contributed by atoms with E-state index >= 15 is 0 Å². The predicted octanol–water partition coefficient (Wildman–Crippen LogP) is 2.42. The van der Waals surface area contributed by atoms with Gasteiger partial charge < -0.3 is 10.2 Å². The summed E-state index contributed by atoms with van der Waals surface area (Å²) in [4.78, 5) is 22.1. The first-order valence-electron chi connectivity index (χ1n) is 6.93. The number of anilines is 1. The highest BCUT2D eigenvalue weighted by Gasteiger charge is 2.14. The van der Waals surface area contributed by atoms with E-state index < -0.39 is 0 Å². The van der Waals surface area contributed by atoms with Gasteiger partial charge in [-0.2, -0.15) is 0 Å². The lowest BCUT2D eigenvalue weighted by molar-refractivity contribution is 0.0767. The van der Waals surface area contributed by atoms with Gasteiger partial charge in [-0.25, -0.2) is 9.97 Å². The molecule has 5 heteroatoms. The maximum Gasteiger partial charge on any atom is 0.272 e. The molecular formula is C14H24N4O. The van der Waals surface area contributed by atoms with Crippen molar-refractivity contribution in [2.45, 2.75) is 34.1 Å². The predicted molar refractivity (Wildman–Crippen MR) is 77.2 cm³/mol. The lowest BCUT2D eigenvalue weighted by atomic mass is 10.1. The standard InChI is InChI=1S/C14H24N4O/c1-5-18(6-2)14(19)12-9-13(17-10-16-12)15-8-7-11(3)4/h9-11H,5-8H2,1-4H3,(H,15,16,17). The summed E-state index contributed by atoms with van der Waals surface area (Å²) in [6.07, 6.45) is 2.51. The van der Waals surface area contributed by atoms with Crippen molar-refractivity contribution in [3.63, 3.8) is 0 Å². The van der Waals surface area contributed by atoms with Gasteiger partial charge in [0.25, 0.3) is 5.91 Å². The molecule has 1 aromatic heterocycles. The Labute approximate surface area is 115 Å². The van der Waals surface area contributed by atoms with E-state index in [1.165, 1.54) is 6.33 Å². The van der Waals surface area contributed by atoms with Gasteiger partial charge in [0.05, 0.1) is 0 Å². The number of hydrogen-bond donors (Lipinski definition) is 1. The Balaban J connectivity index is 2.68. The minimum atomic E-state index is -0.0423. The number of nitrogens with zero attached hydrogens (tertiary/aromatic N) is 3. The minimum absolute atomic E-state index is 0.0423. The van der Waals surface area contributed by atoms with E-state index in [2.05, 4.69) is 29.1 Å². The van der Waals surface area contributed by atoms with Crippen molar-refractivity contribution in [3.8, 4) is 0 Å². The first-order valence-corrected chi connectivity index (χ1v) is 6.93. The third-order valence-corrected chi connectivity index (χ3v) is 2.96. The summed E-state index contributed by atoms with van der Waals surface area (Å²) in [5.74, 6) is 1.32. The van der Waals surface area contributed by atoms with Crippen LogP contribution >= 0.6 is 0 Å². The van der Waals surface area contributed by atoms with Crippen LogP contribution in [0.1, 0.15) is 44.6 Å². The van der Waals surface area contributed by atoms with E-state index in [0.717, 1.165) is 13.0 Å². The number of carbonyl (C=O) groups excluding carboxylic acids is 1. The number of nitrogens with one attached hydrogen (secondary N) is 1. The fraction of sp³-hybridized carbons (Fsp3) is 0.643. The average molecular weight is 264 g/mol. The van der Waals surface area contributed by atoms with Crippen LogP contribution in [0.5, 0.6) is 0 Å². The van der Waals surface area contributed by atoms with Crippen LogP contribution in [0.2, 0.25) is 0 Å². The number of hydrogen-bond acceptors (Lipinski definition) is 4. The number of amides is 1. The van der Waals surface area contributed by atoms with Crippen LogP contribution in [0, 0.1) is 5.92 Å². The largest absolute Gasteiger partial charge is 0.370 e. The third-order valence-electron chi connectivity index (χ3n) is 2.96. The Bertz CT molecular complexity index is 402. The molecule has 0 saturated carbocycles. The molecule has 106 valence electrons. The normalized spacial score (nSPS) is 10.6. The minimum Gasteiger partial charge on any atom is -0.370 e. The van der Waals surface area contributed by atoms with Crippen LogP contribution < -0.4 is 5.32 Å². The molecule has 1 amide bonds. The average Bonchev–Trinajstić information content (AvgIpc) is 2.40. The molecule has 0 spiro atoms. The van der Waals surface area contributed by atoms with Crippen molar-refractivity contribution in [1.29, 1.82) is 0 Å². The van der Waals surface area contributed by atoms with Gasteiger partial charge in [-0.1, -0.05) is 13.8 Å². The molecule has 19 heavy (non-hydrogen) atoms. The van der Waals surface area contributed by atoms with Crippen LogP contribution in [-0.4, -0.2) is 40.4 Å². The highest BCUT2D eigenvalue weighted by Crippen LogP contribution is 2.08. The highest BCUT2D eigenvalue weighted by atomic mass is 16.2. The molecule has 0 atom stereocenters. The van der Waals surface area contributed by atoms with Gasteiger partial charge in [0.1, 0.15) is 17.8 Å². The molecule has 0 saturated heterocycles. The highest BCUT2D eigenvalue weighted by molar-refractivity contribution is 5.92. The molecule has 0 aliphatic carbocycles. The first-order chi connectivity index (χ1) is 9.08. The molecular weight excluding hydrogens is 240 g/mol. The summed E-state index contributed by atoms with van der Waals surface area (Å²) >= 11 is 0. The van der Waals surface area contributed by atoms with Crippen LogP contribution in [0.4, 0.5) is 5.82 Å². The third kappa shape index (κ3) is 4.85. The van der Waals surface area contributed by atoms with Crippen molar-refractivity contribution in [1.82, 2.24) is 14.9 Å². The van der Waals surface area contributed by atoms with E-state index in [-0.39, 0.29) is 5.91 Å². The number of rotatable bonds is 7. The van der Waals surface area contributed by atoms with Gasteiger partial charge >= 0.3 is 0 Å². The Hall–Kier alpha value is -1.65. The first kappa shape index (κ1) is 15.4. The molecule has 0 aliphatic rings. The van der Waals surface area contributed by atoms with E-state index in [1.54, 1.807) is 11.0 Å². The van der Waals surface area contributed by atoms with Gasteiger partial charge in [0.2, 0.25) is 0 Å². The maximum absolute atomic E-state index is 12.1. The summed E-state index contributed by atoms with van der Waals surface area (Å²) in [7, 11) is 0. The van der Waals surface area contributed by atoms with Gasteiger partial charge in [0.15, 0.2) is 0 Å². The van der Waals surface area contributed by atoms with Crippen molar-refractivity contribution in [3.05, 3.63) is 18.1 Å². The summed E-state index contributed by atoms with van der Waals surface area (Å²) in [5, 5.41) is 3.22. The van der Waals surface area contributed by atoms with Crippen molar-refractivity contribution >= 4 is 11.7 Å². The second-order valence-electron chi connectivity index (χ2n) is 4.88. The molecule has 1 heterocycles. The topological polar surface area (TPSA) is 58.1 Å². The summed E-state index contributed by atoms with van der Waals surface area (Å²) < 4.78 is 0. The van der Waals surface area contributed by atoms with Gasteiger partial charge in [0, 0.05) is 25.7 Å². The number of aromatic nitrogens is 2. The maximum atomic E-state index is 12.1. The van der Waals surface area contributed by atoms with Crippen LogP contribution in [-0.2, 0) is 0 Å². The van der Waals surface area contributed by atoms with E-state index in [1.807, 2.05) is 13.8 Å². The Morgan fingerprint density at radius 2 is 2.00 bits per heavy atom. The summed E-state index contributed by atoms with van der Waals surface area (Å²) in [5.41, 5.74) is 0.450. The molecule has 0 fully saturated rings. The Kier molecular flexibility index (Phi) is 6.25. The van der Waals surface area contributed by atoms with Crippen molar-refractivity contribution in [2.75, 3.05) is 25.0 Å². The fourth-order valence-electron chi connectivity index (χ4n) is 1.73. The number of carbonyl (C=O) groups is 1. The van der Waals surface area contributed by atoms with Crippen molar-refractivity contribution < 1.29 is 4.79 Å². The summed E-state index contributed by atoms with van der Waals surface area (Å²) in [6.45, 7) is 10.5. The zero-order chi connectivity index (χ0) is 14.3. The van der Waals surface area contributed by atoms with Crippen LogP contribution in [0.25, 0.3) is 0 Å². The van der Waals surface area contributed by atoms with Gasteiger partial charge in [-0.3, -0.25) is 4.79 Å². The molecule has 1 aromatic rings. The summed E-state index contributed by atoms with van der Waals surface area (Å²) in [6, 6.07) is 1.72. The molecule has 1 N–H and O–H groups in total. The Morgan fingerprint density at radius 3 is 2.58 bits per heavy atom. The van der Waals surface area contributed by atoms with Crippen LogP contribution in [0.3, 0.4) is 0 Å². The van der Waals surface area contributed by atoms with E-state index in [0.29, 0.717) is 30.5 Å². The molecule has 0 radical (unpaired) electrons.